The van der Waals surface area contributed by atoms with Crippen molar-refractivity contribution in [2.75, 3.05) is 7.11 Å². The molecule has 1 aliphatic carbocycles. The van der Waals surface area contributed by atoms with Crippen molar-refractivity contribution in [1.29, 1.82) is 0 Å². The first-order valence-corrected chi connectivity index (χ1v) is 7.53. The zero-order valence-corrected chi connectivity index (χ0v) is 12.8. The molecule has 0 aromatic heterocycles. The summed E-state index contributed by atoms with van der Waals surface area (Å²) in [5.41, 5.74) is 5.46. The van der Waals surface area contributed by atoms with Crippen LogP contribution in [0.5, 0.6) is 5.75 Å². The third kappa shape index (κ3) is 2.46. The molecule has 1 heterocycles. The van der Waals surface area contributed by atoms with Gasteiger partial charge in [0.15, 0.2) is 0 Å². The molecule has 0 fully saturated rings. The van der Waals surface area contributed by atoms with Gasteiger partial charge >= 0.3 is 0 Å². The molecule has 23 heavy (non-hydrogen) atoms. The van der Waals surface area contributed by atoms with Crippen molar-refractivity contribution in [2.45, 2.75) is 0 Å². The van der Waals surface area contributed by atoms with Crippen LogP contribution in [0.2, 0.25) is 0 Å². The lowest BCUT2D eigenvalue weighted by Crippen LogP contribution is -2.04. The fraction of sp³-hybridized carbons (Fsp3) is 0.0500. The predicted octanol–water partition coefficient (Wildman–Crippen LogP) is 4.65. The number of ether oxygens (including phenoxy) is 1. The average molecular weight is 300 g/mol. The monoisotopic (exact) mass is 300 g/mol. The lowest BCUT2D eigenvalue weighted by molar-refractivity contribution is 0.414. The van der Waals surface area contributed by atoms with Crippen LogP contribution in [0, 0.1) is 0 Å². The van der Waals surface area contributed by atoms with Gasteiger partial charge in [-0.15, -0.1) is 0 Å². The van der Waals surface area contributed by atoms with Gasteiger partial charge in [-0.3, -0.25) is 0 Å². The summed E-state index contributed by atoms with van der Waals surface area (Å²) in [6, 6.07) is 24.5. The van der Waals surface area contributed by atoms with E-state index in [0.717, 1.165) is 22.7 Å². The van der Waals surface area contributed by atoms with Gasteiger partial charge in [0.25, 0.3) is 0 Å². The van der Waals surface area contributed by atoms with E-state index in [1.807, 2.05) is 47.1 Å². The van der Waals surface area contributed by atoms with E-state index in [1.54, 1.807) is 7.11 Å². The molecule has 0 atom stereocenters. The first-order valence-electron chi connectivity index (χ1n) is 7.53. The van der Waals surface area contributed by atoms with Crippen LogP contribution in [0.1, 0.15) is 0 Å². The highest BCUT2D eigenvalue weighted by Crippen LogP contribution is 2.33. The summed E-state index contributed by atoms with van der Waals surface area (Å²) < 4.78 is 7.15. The quantitative estimate of drug-likeness (QED) is 0.550. The molecule has 2 aromatic carbocycles. The van der Waals surface area contributed by atoms with Crippen LogP contribution in [-0.2, 0) is 0 Å². The van der Waals surface area contributed by atoms with Crippen LogP contribution in [0.3, 0.4) is 0 Å². The van der Waals surface area contributed by atoms with Crippen molar-refractivity contribution in [3.8, 4) is 33.8 Å². The van der Waals surface area contributed by atoms with Gasteiger partial charge in [0, 0.05) is 22.9 Å². The Labute approximate surface area is 135 Å². The Kier molecular flexibility index (Phi) is 3.31. The number of rotatable bonds is 3. The number of hydrogen-bond donors (Lipinski definition) is 0. The minimum absolute atomic E-state index is 0.840. The Bertz CT molecular complexity index is 895. The molecule has 1 aliphatic heterocycles. The molecule has 0 N–H and O–H groups in total. The van der Waals surface area contributed by atoms with Gasteiger partial charge in [-0.2, -0.15) is 5.10 Å². The van der Waals surface area contributed by atoms with Gasteiger partial charge in [-0.25, -0.2) is 4.68 Å². The molecular formula is C20H16N2O. The minimum atomic E-state index is 0.840. The van der Waals surface area contributed by atoms with E-state index in [-0.39, 0.29) is 0 Å². The summed E-state index contributed by atoms with van der Waals surface area (Å²) in [6.45, 7) is 0. The largest absolute Gasteiger partial charge is 0.497 e. The molecule has 3 nitrogen and oxygen atoms in total. The minimum Gasteiger partial charge on any atom is -0.497 e. The second-order valence-electron chi connectivity index (χ2n) is 5.38. The van der Waals surface area contributed by atoms with Crippen molar-refractivity contribution in [3.63, 3.8) is 0 Å². The van der Waals surface area contributed by atoms with Crippen LogP contribution in [0.15, 0.2) is 79.0 Å². The first kappa shape index (κ1) is 13.6. The number of hydrogen-bond acceptors (Lipinski definition) is 2. The van der Waals surface area contributed by atoms with E-state index in [0.29, 0.717) is 0 Å². The Morgan fingerprint density at radius 3 is 2.26 bits per heavy atom. The fourth-order valence-corrected chi connectivity index (χ4v) is 2.76. The molecule has 0 radical (unpaired) electrons. The third-order valence-electron chi connectivity index (χ3n) is 3.96. The van der Waals surface area contributed by atoms with Crippen LogP contribution in [0.4, 0.5) is 0 Å². The van der Waals surface area contributed by atoms with Gasteiger partial charge in [0.05, 0.1) is 18.5 Å². The summed E-state index contributed by atoms with van der Waals surface area (Å²) in [5, 5.41) is 4.84. The number of methoxy groups -OCH3 is 1. The predicted molar refractivity (Wildman–Crippen MR) is 92.2 cm³/mol. The number of aromatic nitrogens is 2. The van der Waals surface area contributed by atoms with Crippen molar-refractivity contribution in [3.05, 3.63) is 79.0 Å². The van der Waals surface area contributed by atoms with Gasteiger partial charge < -0.3 is 4.74 Å². The van der Waals surface area contributed by atoms with E-state index in [4.69, 9.17) is 9.84 Å². The maximum absolute atomic E-state index is 5.23. The van der Waals surface area contributed by atoms with Gasteiger partial charge in [-0.05, 0) is 24.3 Å². The molecule has 0 amide bonds. The average Bonchev–Trinajstić information content (AvgIpc) is 3.10. The van der Waals surface area contributed by atoms with Crippen molar-refractivity contribution in [1.82, 2.24) is 9.78 Å². The van der Waals surface area contributed by atoms with Crippen LogP contribution in [0.25, 0.3) is 28.1 Å². The van der Waals surface area contributed by atoms with Gasteiger partial charge in [-0.1, -0.05) is 48.5 Å². The first-order chi connectivity index (χ1) is 11.3. The summed E-state index contributed by atoms with van der Waals surface area (Å²) in [5.74, 6) is 0.840. The molecule has 3 heteroatoms. The second kappa shape index (κ2) is 5.61. The second-order valence-corrected chi connectivity index (χ2v) is 5.38. The number of benzene rings is 2. The molecular weight excluding hydrogens is 284 g/mol. The van der Waals surface area contributed by atoms with Crippen molar-refractivity contribution < 1.29 is 4.74 Å². The maximum atomic E-state index is 5.23. The summed E-state index contributed by atoms with van der Waals surface area (Å²) in [6.07, 6.45) is 2.06. The van der Waals surface area contributed by atoms with Crippen LogP contribution < -0.4 is 4.74 Å². The molecule has 112 valence electrons. The highest BCUT2D eigenvalue weighted by molar-refractivity contribution is 5.81. The zero-order valence-electron chi connectivity index (χ0n) is 12.8. The number of fused-ring (bicyclic) bond motifs is 1. The lowest BCUT2D eigenvalue weighted by atomic mass is 10.0. The van der Waals surface area contributed by atoms with E-state index < -0.39 is 0 Å². The lowest BCUT2D eigenvalue weighted by Gasteiger charge is -2.14. The molecule has 0 unspecified atom stereocenters. The van der Waals surface area contributed by atoms with E-state index in [9.17, 15) is 0 Å². The van der Waals surface area contributed by atoms with E-state index >= 15 is 0 Å². The SMILES string of the molecule is COc1ccc(-n2cc3cccc-3c(-c3ccccc3)n2)cc1. The third-order valence-corrected chi connectivity index (χ3v) is 3.96. The topological polar surface area (TPSA) is 27.1 Å². The van der Waals surface area contributed by atoms with Crippen LogP contribution in [-0.4, -0.2) is 16.9 Å². The molecule has 0 spiro atoms. The van der Waals surface area contributed by atoms with Crippen molar-refractivity contribution in [2.24, 2.45) is 0 Å². The van der Waals surface area contributed by atoms with E-state index in [2.05, 4.69) is 36.5 Å². The smallest absolute Gasteiger partial charge is 0.119 e. The van der Waals surface area contributed by atoms with Gasteiger partial charge in [0.2, 0.25) is 0 Å². The molecule has 0 saturated carbocycles. The molecule has 0 bridgehead atoms. The number of nitrogens with zero attached hydrogens (tertiary/aromatic N) is 2. The summed E-state index contributed by atoms with van der Waals surface area (Å²) >= 11 is 0. The molecule has 0 saturated heterocycles. The Hall–Kier alpha value is -3.07. The Balaban J connectivity index is 1.89. The van der Waals surface area contributed by atoms with E-state index in [1.165, 1.54) is 11.1 Å². The van der Waals surface area contributed by atoms with Crippen molar-refractivity contribution >= 4 is 0 Å². The Morgan fingerprint density at radius 1 is 0.783 bits per heavy atom. The molecule has 2 aliphatic rings. The zero-order chi connectivity index (χ0) is 15.6. The normalized spacial score (nSPS) is 10.8. The standard InChI is InChI=1S/C20H16N2O/c1-23-18-12-10-17(11-13-18)22-14-16-8-5-9-19(16)20(21-22)15-6-3-2-4-7-15/h2-14H,1H3. The van der Waals surface area contributed by atoms with Crippen LogP contribution >= 0.6 is 0 Å². The molecule has 2 aromatic rings. The highest BCUT2D eigenvalue weighted by Gasteiger charge is 2.13. The molecule has 4 rings (SSSR count). The summed E-state index contributed by atoms with van der Waals surface area (Å²) in [7, 11) is 1.67. The fourth-order valence-electron chi connectivity index (χ4n) is 2.76. The Morgan fingerprint density at radius 2 is 1.52 bits per heavy atom. The van der Waals surface area contributed by atoms with Gasteiger partial charge in [0.1, 0.15) is 5.75 Å². The summed E-state index contributed by atoms with van der Waals surface area (Å²) in [4.78, 5) is 0. The highest BCUT2D eigenvalue weighted by atomic mass is 16.5. The maximum Gasteiger partial charge on any atom is 0.119 e.